The molecule has 0 radical (unpaired) electrons. The predicted molar refractivity (Wildman–Crippen MR) is 134 cm³/mol. The Labute approximate surface area is 204 Å². The summed E-state index contributed by atoms with van der Waals surface area (Å²) >= 11 is 0. The van der Waals surface area contributed by atoms with Crippen LogP contribution in [-0.2, 0) is 0 Å². The van der Waals surface area contributed by atoms with Crippen LogP contribution in [0.25, 0.3) is 11.0 Å². The van der Waals surface area contributed by atoms with Crippen LogP contribution in [0.15, 0.2) is 24.3 Å². The SMILES string of the molecule is C[C@]12CC[C@H](N3CCCC3)C[C@@H]1CC[C@@H]1[C@@H]2CC[C@]2(C)[C@@H](O)[C@@H](n3nnc4ccccc43)C[C@@H]12. The maximum absolute atomic E-state index is 11.7. The summed E-state index contributed by atoms with van der Waals surface area (Å²) in [6.07, 6.45) is 13.1. The van der Waals surface area contributed by atoms with Crippen molar-refractivity contribution in [1.82, 2.24) is 19.9 Å². The summed E-state index contributed by atoms with van der Waals surface area (Å²) in [7, 11) is 0. The lowest BCUT2D eigenvalue weighted by atomic mass is 9.45. The number of aliphatic hydroxyl groups is 1. The molecule has 34 heavy (non-hydrogen) atoms. The Kier molecular flexibility index (Phi) is 4.98. The van der Waals surface area contributed by atoms with Gasteiger partial charge >= 0.3 is 0 Å². The number of para-hydroxylation sites is 1. The summed E-state index contributed by atoms with van der Waals surface area (Å²) in [5, 5.41) is 20.7. The first-order chi connectivity index (χ1) is 16.5. The second kappa shape index (κ2) is 7.77. The van der Waals surface area contributed by atoms with Gasteiger partial charge in [-0.25, -0.2) is 4.68 Å². The van der Waals surface area contributed by atoms with Crippen LogP contribution >= 0.6 is 0 Å². The Bertz CT molecular complexity index is 1060. The second-order valence-electron chi connectivity index (χ2n) is 13.1. The molecule has 5 aliphatic rings. The van der Waals surface area contributed by atoms with Crippen molar-refractivity contribution >= 4 is 11.0 Å². The fourth-order valence-corrected chi connectivity index (χ4v) is 10.0. The molecule has 9 atom stereocenters. The van der Waals surface area contributed by atoms with E-state index in [-0.39, 0.29) is 17.6 Å². The zero-order valence-electron chi connectivity index (χ0n) is 21.1. The van der Waals surface area contributed by atoms with Crippen molar-refractivity contribution in [3.8, 4) is 0 Å². The van der Waals surface area contributed by atoms with Gasteiger partial charge < -0.3 is 10.0 Å². The van der Waals surface area contributed by atoms with Crippen LogP contribution in [0.3, 0.4) is 0 Å². The molecular weight excluding hydrogens is 420 g/mol. The Hall–Kier alpha value is -1.46. The molecule has 1 aromatic carbocycles. The van der Waals surface area contributed by atoms with E-state index in [0.29, 0.717) is 11.3 Å². The van der Waals surface area contributed by atoms with Gasteiger partial charge in [0, 0.05) is 6.04 Å². The second-order valence-corrected chi connectivity index (χ2v) is 13.1. The molecule has 7 rings (SSSR count). The number of hydrogen-bond acceptors (Lipinski definition) is 4. The van der Waals surface area contributed by atoms with Crippen molar-refractivity contribution in [3.63, 3.8) is 0 Å². The summed E-state index contributed by atoms with van der Waals surface area (Å²) < 4.78 is 2.06. The molecule has 0 amide bonds. The van der Waals surface area contributed by atoms with Gasteiger partial charge in [-0.1, -0.05) is 31.2 Å². The van der Waals surface area contributed by atoms with Crippen molar-refractivity contribution in [3.05, 3.63) is 24.3 Å². The van der Waals surface area contributed by atoms with Gasteiger partial charge in [0.2, 0.25) is 0 Å². The van der Waals surface area contributed by atoms with E-state index in [0.717, 1.165) is 41.2 Å². The standard InChI is InChI=1S/C29H42N4O/c1-28-13-11-20(32-15-5-6-16-32)17-19(28)9-10-21-22(28)12-14-29(2)23(21)18-26(27(29)34)33-25-8-4-3-7-24(25)30-31-33/h3-4,7-8,19-23,26-27,34H,5-6,9-18H2,1-2H3/t19-,20-,21+,22-,23-,26-,27-,28-,29-/m0/s1. The average Bonchev–Trinajstić information content (AvgIpc) is 3.58. The smallest absolute Gasteiger partial charge is 0.113 e. The number of rotatable bonds is 2. The fourth-order valence-electron chi connectivity index (χ4n) is 10.0. The summed E-state index contributed by atoms with van der Waals surface area (Å²) in [6.45, 7) is 7.76. The minimum absolute atomic E-state index is 0.00877. The molecule has 1 aromatic heterocycles. The first kappa shape index (κ1) is 21.8. The van der Waals surface area contributed by atoms with Crippen LogP contribution in [0.1, 0.15) is 84.1 Å². The van der Waals surface area contributed by atoms with Crippen molar-refractivity contribution in [2.45, 2.75) is 96.2 Å². The zero-order valence-corrected chi connectivity index (χ0v) is 21.1. The van der Waals surface area contributed by atoms with E-state index >= 15 is 0 Å². The van der Waals surface area contributed by atoms with E-state index in [9.17, 15) is 5.11 Å². The number of nitrogens with zero attached hydrogens (tertiary/aromatic N) is 4. The highest BCUT2D eigenvalue weighted by Gasteiger charge is 2.62. The van der Waals surface area contributed by atoms with Crippen LogP contribution in [0, 0.1) is 34.5 Å². The van der Waals surface area contributed by atoms with Gasteiger partial charge in [0.1, 0.15) is 5.52 Å². The highest BCUT2D eigenvalue weighted by atomic mass is 16.3. The van der Waals surface area contributed by atoms with E-state index < -0.39 is 0 Å². The lowest BCUT2D eigenvalue weighted by Crippen LogP contribution is -2.55. The van der Waals surface area contributed by atoms with E-state index in [1.165, 1.54) is 70.9 Å². The maximum Gasteiger partial charge on any atom is 0.113 e. The average molecular weight is 463 g/mol. The molecule has 0 bridgehead atoms. The number of fused-ring (bicyclic) bond motifs is 6. The van der Waals surface area contributed by atoms with Crippen LogP contribution in [0.5, 0.6) is 0 Å². The molecule has 5 fully saturated rings. The van der Waals surface area contributed by atoms with Gasteiger partial charge in [0.05, 0.1) is 17.7 Å². The van der Waals surface area contributed by atoms with Gasteiger partial charge in [-0.05, 0) is 124 Å². The van der Waals surface area contributed by atoms with Crippen LogP contribution in [-0.4, -0.2) is 50.2 Å². The third-order valence-corrected chi connectivity index (χ3v) is 12.0. The maximum atomic E-state index is 11.7. The largest absolute Gasteiger partial charge is 0.390 e. The van der Waals surface area contributed by atoms with Crippen molar-refractivity contribution in [2.75, 3.05) is 13.1 Å². The Morgan fingerprint density at radius 2 is 1.71 bits per heavy atom. The van der Waals surface area contributed by atoms with Gasteiger partial charge in [-0.15, -0.1) is 5.10 Å². The van der Waals surface area contributed by atoms with Gasteiger partial charge in [0.25, 0.3) is 0 Å². The van der Waals surface area contributed by atoms with Gasteiger partial charge in [-0.3, -0.25) is 0 Å². The van der Waals surface area contributed by atoms with E-state index in [4.69, 9.17) is 0 Å². The summed E-state index contributed by atoms with van der Waals surface area (Å²) in [5.74, 6) is 3.10. The number of benzene rings is 1. The minimum Gasteiger partial charge on any atom is -0.390 e. The predicted octanol–water partition coefficient (Wildman–Crippen LogP) is 5.45. The lowest BCUT2D eigenvalue weighted by molar-refractivity contribution is -0.129. The molecule has 4 aliphatic carbocycles. The molecule has 4 saturated carbocycles. The third kappa shape index (κ3) is 2.98. The fraction of sp³-hybridized carbons (Fsp3) is 0.793. The first-order valence-electron chi connectivity index (χ1n) is 14.2. The normalized spacial score (nSPS) is 46.9. The molecule has 0 unspecified atom stereocenters. The molecule has 5 nitrogen and oxygen atoms in total. The third-order valence-electron chi connectivity index (χ3n) is 12.0. The monoisotopic (exact) mass is 462 g/mol. The highest BCUT2D eigenvalue weighted by Crippen LogP contribution is 2.67. The Morgan fingerprint density at radius 1 is 0.912 bits per heavy atom. The molecule has 2 aromatic rings. The zero-order chi connectivity index (χ0) is 23.1. The molecule has 0 spiro atoms. The van der Waals surface area contributed by atoms with Gasteiger partial charge in [-0.2, -0.15) is 0 Å². The number of likely N-dealkylation sites (tertiary alicyclic amines) is 1. The van der Waals surface area contributed by atoms with Crippen LogP contribution in [0.4, 0.5) is 0 Å². The topological polar surface area (TPSA) is 54.2 Å². The molecule has 5 heteroatoms. The van der Waals surface area contributed by atoms with Crippen molar-refractivity contribution in [1.29, 1.82) is 0 Å². The molecule has 1 N–H and O–H groups in total. The molecule has 184 valence electrons. The van der Waals surface area contributed by atoms with Crippen LogP contribution < -0.4 is 0 Å². The summed E-state index contributed by atoms with van der Waals surface area (Å²) in [6, 6.07) is 9.14. The van der Waals surface area contributed by atoms with E-state index in [1.807, 2.05) is 12.1 Å². The summed E-state index contributed by atoms with van der Waals surface area (Å²) in [4.78, 5) is 2.82. The van der Waals surface area contributed by atoms with E-state index in [2.05, 4.69) is 45.9 Å². The first-order valence-corrected chi connectivity index (χ1v) is 14.2. The molecule has 1 aliphatic heterocycles. The van der Waals surface area contributed by atoms with Crippen molar-refractivity contribution in [2.24, 2.45) is 34.5 Å². The number of hydrogen-bond donors (Lipinski definition) is 1. The van der Waals surface area contributed by atoms with Crippen LogP contribution in [0.2, 0.25) is 0 Å². The van der Waals surface area contributed by atoms with Gasteiger partial charge in [0.15, 0.2) is 0 Å². The molecule has 1 saturated heterocycles. The highest BCUT2D eigenvalue weighted by molar-refractivity contribution is 5.74. The molecular formula is C29H42N4O. The molecule has 2 heterocycles. The minimum atomic E-state index is -0.333. The summed E-state index contributed by atoms with van der Waals surface area (Å²) in [5.41, 5.74) is 2.52. The van der Waals surface area contributed by atoms with E-state index in [1.54, 1.807) is 0 Å². The Balaban J connectivity index is 1.15. The quantitative estimate of drug-likeness (QED) is 0.645. The number of aliphatic hydroxyl groups excluding tert-OH is 1. The lowest BCUT2D eigenvalue weighted by Gasteiger charge is -2.61. The number of aromatic nitrogens is 3. The van der Waals surface area contributed by atoms with Crippen molar-refractivity contribution < 1.29 is 5.11 Å². The Morgan fingerprint density at radius 3 is 2.56 bits per heavy atom.